The highest BCUT2D eigenvalue weighted by Gasteiger charge is 2.01. The fourth-order valence-corrected chi connectivity index (χ4v) is 1.34. The van der Waals surface area contributed by atoms with Gasteiger partial charge in [0, 0.05) is 17.6 Å². The van der Waals surface area contributed by atoms with Gasteiger partial charge in [-0.05, 0) is 22.0 Å². The van der Waals surface area contributed by atoms with Crippen LogP contribution in [0.25, 0.3) is 10.9 Å². The molecule has 0 radical (unpaired) electrons. The molecule has 0 bridgehead atoms. The van der Waals surface area contributed by atoms with Crippen molar-refractivity contribution in [3.63, 3.8) is 0 Å². The summed E-state index contributed by atoms with van der Waals surface area (Å²) in [5.41, 5.74) is 0.616. The third kappa shape index (κ3) is 1.18. The number of hydrogen-bond acceptors (Lipinski definition) is 2. The molecule has 0 spiro atoms. The minimum atomic E-state index is -0.304. The van der Waals surface area contributed by atoms with Crippen molar-refractivity contribution in [2.45, 2.75) is 0 Å². The van der Waals surface area contributed by atoms with Gasteiger partial charge in [-0.25, -0.2) is 14.4 Å². The van der Waals surface area contributed by atoms with Crippen molar-refractivity contribution in [1.82, 2.24) is 9.97 Å². The lowest BCUT2D eigenvalue weighted by molar-refractivity contribution is 0.622. The largest absolute Gasteiger partial charge is 0.244 e. The molecule has 60 valence electrons. The summed E-state index contributed by atoms with van der Waals surface area (Å²) < 4.78 is 13.4. The van der Waals surface area contributed by atoms with Crippen LogP contribution in [0, 0.1) is 5.82 Å². The van der Waals surface area contributed by atoms with Gasteiger partial charge in [0.1, 0.15) is 12.1 Å². The fraction of sp³-hybridized carbons (Fsp3) is 0. The number of nitrogens with zero attached hydrogens (tertiary/aromatic N) is 2. The van der Waals surface area contributed by atoms with Gasteiger partial charge >= 0.3 is 0 Å². The van der Waals surface area contributed by atoms with E-state index in [1.807, 2.05) is 0 Å². The first-order valence-electron chi connectivity index (χ1n) is 3.32. The fourth-order valence-electron chi connectivity index (χ4n) is 0.976. The van der Waals surface area contributed by atoms with Crippen molar-refractivity contribution in [3.8, 4) is 0 Å². The summed E-state index contributed by atoms with van der Waals surface area (Å²) in [6.45, 7) is 0. The van der Waals surface area contributed by atoms with Crippen molar-refractivity contribution in [2.75, 3.05) is 0 Å². The summed E-state index contributed by atoms with van der Waals surface area (Å²) in [5, 5.41) is 0.825. The monoisotopic (exact) mass is 226 g/mol. The molecule has 1 aromatic heterocycles. The Labute approximate surface area is 76.6 Å². The van der Waals surface area contributed by atoms with Gasteiger partial charge in [0.15, 0.2) is 0 Å². The van der Waals surface area contributed by atoms with Gasteiger partial charge in [0.05, 0.1) is 9.99 Å². The normalized spacial score (nSPS) is 10.5. The van der Waals surface area contributed by atoms with Crippen LogP contribution in [0.1, 0.15) is 0 Å². The number of halogens is 2. The molecule has 0 atom stereocenters. The Morgan fingerprint density at radius 3 is 3.00 bits per heavy atom. The Morgan fingerprint density at radius 2 is 2.17 bits per heavy atom. The number of fused-ring (bicyclic) bond motifs is 1. The highest BCUT2D eigenvalue weighted by atomic mass is 79.9. The lowest BCUT2D eigenvalue weighted by atomic mass is 10.2. The zero-order valence-electron chi connectivity index (χ0n) is 5.96. The van der Waals surface area contributed by atoms with Crippen molar-refractivity contribution in [2.24, 2.45) is 0 Å². The minimum absolute atomic E-state index is 0.304. The molecule has 0 fully saturated rings. The molecule has 0 amide bonds. The van der Waals surface area contributed by atoms with Gasteiger partial charge < -0.3 is 0 Å². The summed E-state index contributed by atoms with van der Waals surface area (Å²) in [6.07, 6.45) is 3.04. The van der Waals surface area contributed by atoms with Crippen LogP contribution >= 0.6 is 15.9 Å². The van der Waals surface area contributed by atoms with Crippen LogP contribution in [0.15, 0.2) is 29.1 Å². The van der Waals surface area contributed by atoms with Crippen molar-refractivity contribution in [3.05, 3.63) is 34.9 Å². The Bertz CT molecular complexity index is 390. The van der Waals surface area contributed by atoms with Crippen LogP contribution in [0.3, 0.4) is 0 Å². The highest BCUT2D eigenvalue weighted by Crippen LogP contribution is 2.20. The smallest absolute Gasteiger partial charge is 0.139 e. The van der Waals surface area contributed by atoms with E-state index < -0.39 is 0 Å². The molecule has 0 saturated carbocycles. The van der Waals surface area contributed by atoms with Crippen molar-refractivity contribution >= 4 is 26.8 Å². The quantitative estimate of drug-likeness (QED) is 0.691. The first-order chi connectivity index (χ1) is 5.77. The molecule has 0 aliphatic rings. The maximum absolute atomic E-state index is 12.9. The van der Waals surface area contributed by atoms with Crippen LogP contribution in [-0.2, 0) is 0 Å². The molecule has 1 heterocycles. The molecule has 4 heteroatoms. The number of aromatic nitrogens is 2. The van der Waals surface area contributed by atoms with E-state index in [2.05, 4.69) is 25.9 Å². The van der Waals surface area contributed by atoms with Gasteiger partial charge in [-0.1, -0.05) is 0 Å². The zero-order chi connectivity index (χ0) is 8.55. The van der Waals surface area contributed by atoms with Gasteiger partial charge in [-0.15, -0.1) is 0 Å². The third-order valence-electron chi connectivity index (χ3n) is 1.55. The Hall–Kier alpha value is -1.03. The molecule has 1 aromatic carbocycles. The minimum Gasteiger partial charge on any atom is -0.244 e. The van der Waals surface area contributed by atoms with Crippen LogP contribution in [0.4, 0.5) is 4.39 Å². The topological polar surface area (TPSA) is 25.8 Å². The summed E-state index contributed by atoms with van der Waals surface area (Å²) in [4.78, 5) is 7.74. The summed E-state index contributed by atoms with van der Waals surface area (Å²) in [5.74, 6) is -0.304. The van der Waals surface area contributed by atoms with Crippen molar-refractivity contribution < 1.29 is 4.39 Å². The molecule has 2 rings (SSSR count). The van der Waals surface area contributed by atoms with E-state index >= 15 is 0 Å². The standard InChI is InChI=1S/C8H4BrFN2/c9-6-1-5-3-11-4-12-8(5)2-7(6)10/h1-4H. The van der Waals surface area contributed by atoms with E-state index in [1.165, 1.54) is 12.4 Å². The predicted octanol–water partition coefficient (Wildman–Crippen LogP) is 2.53. The predicted molar refractivity (Wildman–Crippen MR) is 47.2 cm³/mol. The molecule has 0 aliphatic heterocycles. The van der Waals surface area contributed by atoms with Crippen LogP contribution in [0.5, 0.6) is 0 Å². The van der Waals surface area contributed by atoms with Gasteiger partial charge in [-0.3, -0.25) is 0 Å². The molecule has 0 aliphatic carbocycles. The molecule has 2 aromatic rings. The molecule has 0 N–H and O–H groups in total. The summed E-state index contributed by atoms with van der Waals surface area (Å²) in [6, 6.07) is 3.03. The lowest BCUT2D eigenvalue weighted by Gasteiger charge is -1.97. The van der Waals surface area contributed by atoms with E-state index in [0.29, 0.717) is 9.99 Å². The van der Waals surface area contributed by atoms with E-state index in [-0.39, 0.29) is 5.82 Å². The molecule has 0 saturated heterocycles. The van der Waals surface area contributed by atoms with E-state index in [9.17, 15) is 4.39 Å². The first-order valence-corrected chi connectivity index (χ1v) is 4.11. The summed E-state index contributed by atoms with van der Waals surface area (Å²) in [7, 11) is 0. The second-order valence-electron chi connectivity index (χ2n) is 2.35. The van der Waals surface area contributed by atoms with E-state index in [1.54, 1.807) is 12.3 Å². The second kappa shape index (κ2) is 2.79. The SMILES string of the molecule is Fc1cc2ncncc2cc1Br. The average Bonchev–Trinajstić information content (AvgIpc) is 2.07. The van der Waals surface area contributed by atoms with Crippen LogP contribution < -0.4 is 0 Å². The van der Waals surface area contributed by atoms with Crippen molar-refractivity contribution in [1.29, 1.82) is 0 Å². The number of hydrogen-bond donors (Lipinski definition) is 0. The van der Waals surface area contributed by atoms with Gasteiger partial charge in [0.2, 0.25) is 0 Å². The van der Waals surface area contributed by atoms with E-state index in [4.69, 9.17) is 0 Å². The Kier molecular flexibility index (Phi) is 1.77. The highest BCUT2D eigenvalue weighted by molar-refractivity contribution is 9.10. The molecule has 0 unspecified atom stereocenters. The first kappa shape index (κ1) is 7.61. The lowest BCUT2D eigenvalue weighted by Crippen LogP contribution is -1.83. The van der Waals surface area contributed by atoms with E-state index in [0.717, 1.165) is 5.39 Å². The third-order valence-corrected chi connectivity index (χ3v) is 2.15. The summed E-state index contributed by atoms with van der Waals surface area (Å²) >= 11 is 3.09. The van der Waals surface area contributed by atoms with Gasteiger partial charge in [0.25, 0.3) is 0 Å². The Morgan fingerprint density at radius 1 is 1.33 bits per heavy atom. The molecule has 12 heavy (non-hydrogen) atoms. The number of rotatable bonds is 0. The molecule has 2 nitrogen and oxygen atoms in total. The maximum atomic E-state index is 12.9. The number of benzene rings is 1. The molecular formula is C8H4BrFN2. The van der Waals surface area contributed by atoms with Gasteiger partial charge in [-0.2, -0.15) is 0 Å². The maximum Gasteiger partial charge on any atom is 0.139 e. The second-order valence-corrected chi connectivity index (χ2v) is 3.20. The zero-order valence-corrected chi connectivity index (χ0v) is 7.55. The molecular weight excluding hydrogens is 223 g/mol. The Balaban J connectivity index is 2.84. The van der Waals surface area contributed by atoms with Crippen LogP contribution in [0.2, 0.25) is 0 Å². The van der Waals surface area contributed by atoms with Crippen LogP contribution in [-0.4, -0.2) is 9.97 Å². The average molecular weight is 227 g/mol.